The lowest BCUT2D eigenvalue weighted by Gasteiger charge is -2.39. The number of halogens is 4. The maximum absolute atomic E-state index is 14.1. The number of likely N-dealkylation sites (tertiary alicyclic amines) is 1. The minimum atomic E-state index is -4.41. The first-order valence-corrected chi connectivity index (χ1v) is 25.2. The zero-order chi connectivity index (χ0) is 49.1. The number of aryl methyl sites for hydroxylation is 1. The van der Waals surface area contributed by atoms with E-state index in [9.17, 15) is 40.9 Å². The predicted octanol–water partition coefficient (Wildman–Crippen LogP) is 10.5. The zero-order valence-electron chi connectivity index (χ0n) is 39.2. The molecule has 0 unspecified atom stereocenters. The molecule has 0 saturated carbocycles. The quantitative estimate of drug-likeness (QED) is 0.0396. The van der Waals surface area contributed by atoms with Crippen molar-refractivity contribution in [2.45, 2.75) is 70.4 Å². The fourth-order valence-electron chi connectivity index (χ4n) is 9.90. The minimum Gasteiger partial charge on any atom is -0.455 e. The van der Waals surface area contributed by atoms with Gasteiger partial charge >= 0.3 is 6.18 Å². The number of aromatic amines is 1. The molecule has 2 N–H and O–H groups in total. The van der Waals surface area contributed by atoms with Gasteiger partial charge in [-0.25, -0.2) is 17.8 Å². The molecule has 5 aromatic rings. The van der Waals surface area contributed by atoms with Gasteiger partial charge < -0.3 is 24.8 Å². The second kappa shape index (κ2) is 20.6. The number of aromatic nitrogens is 2. The van der Waals surface area contributed by atoms with Crippen molar-refractivity contribution >= 4 is 49.3 Å². The topological polar surface area (TPSA) is 154 Å². The molecular formula is C51H59F4N7O6S. The molecule has 69 heavy (non-hydrogen) atoms. The van der Waals surface area contributed by atoms with E-state index in [0.717, 1.165) is 79.9 Å². The SMILES string of the molecule is Cc1cc(C(F)(F)F)ccc1C1=C(CN2CCN(c3ccc(C(=O)CS(=O)(=O)c4ccc(NCCC5CCN(CCF)CC5)c([N+](=O)[O-])c4)c(Oc4cnc5[nH]ccc5c4)c3)CC2)CCC(C)(C)C1. The first-order chi connectivity index (χ1) is 32.9. The van der Waals surface area contributed by atoms with E-state index in [2.05, 4.69) is 43.8 Å². The Bertz CT molecular complexity index is 2830. The number of piperazine rings is 1. The van der Waals surface area contributed by atoms with E-state index in [4.69, 9.17) is 4.74 Å². The largest absolute Gasteiger partial charge is 0.455 e. The molecular weight excluding hydrogens is 915 g/mol. The second-order valence-electron chi connectivity index (χ2n) is 19.4. The third-order valence-electron chi connectivity index (χ3n) is 13.9. The molecule has 0 atom stereocenters. The number of nitro groups is 1. The highest BCUT2D eigenvalue weighted by Gasteiger charge is 2.34. The van der Waals surface area contributed by atoms with Gasteiger partial charge in [0, 0.05) is 75.2 Å². The summed E-state index contributed by atoms with van der Waals surface area (Å²) >= 11 is 0. The fourth-order valence-corrected chi connectivity index (χ4v) is 11.1. The van der Waals surface area contributed by atoms with Crippen LogP contribution in [-0.2, 0) is 16.0 Å². The molecule has 1 aliphatic carbocycles. The monoisotopic (exact) mass is 973 g/mol. The van der Waals surface area contributed by atoms with E-state index in [1.54, 1.807) is 43.5 Å². The Balaban J connectivity index is 0.976. The maximum atomic E-state index is 14.1. The zero-order valence-corrected chi connectivity index (χ0v) is 40.0. The number of Topliss-reactive ketones (excluding diaryl/α,β-unsaturated/α-hetero) is 1. The molecule has 0 amide bonds. The van der Waals surface area contributed by atoms with Crippen LogP contribution in [0.25, 0.3) is 16.6 Å². The summed E-state index contributed by atoms with van der Waals surface area (Å²) < 4.78 is 87.5. The van der Waals surface area contributed by atoms with Gasteiger partial charge in [-0.05, 0) is 135 Å². The normalized spacial score (nSPS) is 17.6. The lowest BCUT2D eigenvalue weighted by Crippen LogP contribution is -2.47. The summed E-state index contributed by atoms with van der Waals surface area (Å²) in [6.07, 6.45) is 3.97. The smallest absolute Gasteiger partial charge is 0.416 e. The number of carbonyl (C=O) groups is 1. The lowest BCUT2D eigenvalue weighted by molar-refractivity contribution is -0.384. The number of benzene rings is 3. The molecule has 2 aliphatic heterocycles. The van der Waals surface area contributed by atoms with Gasteiger partial charge in [-0.2, -0.15) is 13.2 Å². The average molecular weight is 974 g/mol. The Morgan fingerprint density at radius 3 is 2.46 bits per heavy atom. The number of rotatable bonds is 17. The van der Waals surface area contributed by atoms with E-state index in [1.807, 2.05) is 6.07 Å². The van der Waals surface area contributed by atoms with Gasteiger partial charge in [0.2, 0.25) is 0 Å². The summed E-state index contributed by atoms with van der Waals surface area (Å²) in [5.41, 5.74) is 4.34. The number of nitrogens with one attached hydrogen (secondary N) is 2. The number of hydrogen-bond donors (Lipinski definition) is 2. The van der Waals surface area contributed by atoms with Crippen molar-refractivity contribution in [2.75, 3.05) is 81.5 Å². The molecule has 0 bridgehead atoms. The number of nitro benzene ring substituents is 1. The van der Waals surface area contributed by atoms with E-state index in [0.29, 0.717) is 68.7 Å². The number of ketones is 1. The molecule has 0 spiro atoms. The number of nitrogens with zero attached hydrogens (tertiary/aromatic N) is 5. The number of H-pyrrole nitrogens is 1. The van der Waals surface area contributed by atoms with E-state index >= 15 is 0 Å². The summed E-state index contributed by atoms with van der Waals surface area (Å²) in [6.45, 7) is 11.5. The van der Waals surface area contributed by atoms with Crippen LogP contribution in [0.3, 0.4) is 0 Å². The molecule has 0 radical (unpaired) electrons. The number of anilines is 2. The standard InChI is InChI=1S/C51H59F4N7O6S/c1-34-26-38(51(53,54)55)4-7-42(34)44-30-50(2,3)15-10-37(44)32-60-22-24-61(25-23-60)39-5-8-43(48(28-39)68-40-27-36-12-18-57-49(36)58-31-40)47(63)33-69(66,67)41-6-9-45(46(29-41)62(64)65)56-17-11-35-13-19-59(20-14-35)21-16-52/h4-9,12,18,26-29,31,35,56H,10-11,13-17,19-25,30,32-33H2,1-3H3,(H,57,58). The molecule has 2 saturated heterocycles. The molecule has 8 rings (SSSR count). The molecule has 18 heteroatoms. The van der Waals surface area contributed by atoms with Gasteiger partial charge in [-0.15, -0.1) is 0 Å². The number of piperidine rings is 1. The first kappa shape index (κ1) is 49.6. The second-order valence-corrected chi connectivity index (χ2v) is 21.4. The van der Waals surface area contributed by atoms with Gasteiger partial charge in [0.15, 0.2) is 15.6 Å². The van der Waals surface area contributed by atoms with Crippen LogP contribution in [0.1, 0.15) is 79.4 Å². The highest BCUT2D eigenvalue weighted by molar-refractivity contribution is 7.92. The predicted molar refractivity (Wildman–Crippen MR) is 260 cm³/mol. The van der Waals surface area contributed by atoms with Crippen molar-refractivity contribution in [3.63, 3.8) is 0 Å². The number of allylic oxidation sites excluding steroid dienone is 1. The Morgan fingerprint density at radius 1 is 0.986 bits per heavy atom. The highest BCUT2D eigenvalue weighted by Crippen LogP contribution is 2.45. The molecule has 3 aliphatic rings. The van der Waals surface area contributed by atoms with Crippen molar-refractivity contribution in [3.05, 3.63) is 117 Å². The number of ether oxygens (including phenoxy) is 1. The number of alkyl halides is 4. The van der Waals surface area contributed by atoms with Crippen LogP contribution in [0.2, 0.25) is 0 Å². The summed E-state index contributed by atoms with van der Waals surface area (Å²) in [5, 5.41) is 16.1. The molecule has 4 heterocycles. The molecule has 3 aromatic carbocycles. The Kier molecular flexibility index (Phi) is 14.8. The number of pyridine rings is 1. The van der Waals surface area contributed by atoms with Crippen molar-refractivity contribution in [1.82, 2.24) is 19.8 Å². The number of fused-ring (bicyclic) bond motifs is 1. The van der Waals surface area contributed by atoms with Crippen LogP contribution in [0.4, 0.5) is 34.6 Å². The summed E-state index contributed by atoms with van der Waals surface area (Å²) in [6, 6.07) is 16.2. The number of carbonyl (C=O) groups excluding carboxylic acids is 1. The van der Waals surface area contributed by atoms with Crippen LogP contribution < -0.4 is 15.0 Å². The van der Waals surface area contributed by atoms with Crippen LogP contribution in [0.15, 0.2) is 89.6 Å². The van der Waals surface area contributed by atoms with Crippen molar-refractivity contribution < 1.29 is 40.4 Å². The van der Waals surface area contributed by atoms with Crippen molar-refractivity contribution in [1.29, 1.82) is 0 Å². The molecule has 368 valence electrons. The lowest BCUT2D eigenvalue weighted by atomic mass is 9.72. The van der Waals surface area contributed by atoms with Gasteiger partial charge in [0.1, 0.15) is 35.3 Å². The Labute approximate surface area is 400 Å². The van der Waals surface area contributed by atoms with Crippen molar-refractivity contribution in [3.8, 4) is 11.5 Å². The van der Waals surface area contributed by atoms with Gasteiger partial charge in [-0.1, -0.05) is 25.5 Å². The first-order valence-electron chi connectivity index (χ1n) is 23.5. The van der Waals surface area contributed by atoms with E-state index < -0.39 is 43.7 Å². The van der Waals surface area contributed by atoms with Crippen LogP contribution >= 0.6 is 0 Å². The number of sulfone groups is 1. The Morgan fingerprint density at radius 2 is 1.75 bits per heavy atom. The van der Waals surface area contributed by atoms with Crippen molar-refractivity contribution in [2.24, 2.45) is 11.3 Å². The average Bonchev–Trinajstić information content (AvgIpc) is 3.78. The maximum Gasteiger partial charge on any atom is 0.416 e. The summed E-state index contributed by atoms with van der Waals surface area (Å²) in [7, 11) is -4.38. The van der Waals surface area contributed by atoms with Crippen LogP contribution in [0, 0.1) is 28.4 Å². The van der Waals surface area contributed by atoms with Gasteiger partial charge in [-0.3, -0.25) is 19.8 Å². The number of hydrogen-bond acceptors (Lipinski definition) is 11. The van der Waals surface area contributed by atoms with Gasteiger partial charge in [0.25, 0.3) is 5.69 Å². The van der Waals surface area contributed by atoms with Crippen LogP contribution in [0.5, 0.6) is 11.5 Å². The van der Waals surface area contributed by atoms with Crippen LogP contribution in [-0.4, -0.2) is 110 Å². The minimum absolute atomic E-state index is 0.00992. The third kappa shape index (κ3) is 12.0. The third-order valence-corrected chi connectivity index (χ3v) is 15.5. The van der Waals surface area contributed by atoms with Gasteiger partial charge in [0.05, 0.1) is 27.1 Å². The molecule has 2 aromatic heterocycles. The fraction of sp³-hybridized carbons (Fsp3) is 0.451. The summed E-state index contributed by atoms with van der Waals surface area (Å²) in [5.74, 6) is -0.903. The molecule has 2 fully saturated rings. The highest BCUT2D eigenvalue weighted by atomic mass is 32.2. The molecule has 13 nitrogen and oxygen atoms in total. The van der Waals surface area contributed by atoms with E-state index in [-0.39, 0.29) is 34.0 Å². The van der Waals surface area contributed by atoms with E-state index in [1.165, 1.54) is 36.0 Å². The summed E-state index contributed by atoms with van der Waals surface area (Å²) in [4.78, 5) is 39.3. The Hall–Kier alpha value is -5.85.